The molecular formula is C7H9ClN2O2. The molecule has 12 heavy (non-hydrogen) atoms. The van der Waals surface area contributed by atoms with Crippen molar-refractivity contribution >= 4 is 17.6 Å². The first kappa shape index (κ1) is 9.09. The summed E-state index contributed by atoms with van der Waals surface area (Å²) in [5, 5.41) is 1.26. The van der Waals surface area contributed by atoms with Gasteiger partial charge in [0.1, 0.15) is 0 Å². The Morgan fingerprint density at radius 3 is 3.00 bits per heavy atom. The van der Waals surface area contributed by atoms with Crippen molar-refractivity contribution in [1.82, 2.24) is 5.32 Å². The molecule has 4 nitrogen and oxygen atoms in total. The summed E-state index contributed by atoms with van der Waals surface area (Å²) in [4.78, 5) is 11.1. The fourth-order valence-electron chi connectivity index (χ4n) is 0.839. The molecule has 5 heteroatoms. The molecule has 0 aromatic rings. The number of carbonyl (C=O) groups is 1. The topological polar surface area (TPSA) is 64.3 Å². The van der Waals surface area contributed by atoms with Gasteiger partial charge in [0.2, 0.25) is 0 Å². The standard InChI is InChI=1S/C7H9ClN2O2/c1-12-6(11)5-3-2-4-10-7(5,8)9/h2-4,10H,9H2,1H3. The van der Waals surface area contributed by atoms with E-state index >= 15 is 0 Å². The van der Waals surface area contributed by atoms with E-state index in [4.69, 9.17) is 17.3 Å². The third-order valence-corrected chi connectivity index (χ3v) is 1.76. The van der Waals surface area contributed by atoms with Crippen LogP contribution in [0.5, 0.6) is 0 Å². The Morgan fingerprint density at radius 1 is 1.83 bits per heavy atom. The van der Waals surface area contributed by atoms with Crippen LogP contribution in [0.25, 0.3) is 0 Å². The number of alkyl halides is 1. The number of nitrogens with two attached hydrogens (primary N) is 1. The van der Waals surface area contributed by atoms with Gasteiger partial charge in [0.05, 0.1) is 12.7 Å². The molecule has 3 N–H and O–H groups in total. The predicted molar refractivity (Wildman–Crippen MR) is 45.1 cm³/mol. The second-order valence-corrected chi connectivity index (χ2v) is 2.88. The molecule has 66 valence electrons. The average molecular weight is 189 g/mol. The molecule has 0 aromatic heterocycles. The number of nitrogens with one attached hydrogen (secondary N) is 1. The molecule has 0 aliphatic carbocycles. The normalized spacial score (nSPS) is 27.4. The van der Waals surface area contributed by atoms with Crippen LogP contribution in [0.2, 0.25) is 0 Å². The molecule has 1 unspecified atom stereocenters. The van der Waals surface area contributed by atoms with Crippen LogP contribution in [-0.4, -0.2) is 18.2 Å². The van der Waals surface area contributed by atoms with E-state index in [9.17, 15) is 4.79 Å². The second-order valence-electron chi connectivity index (χ2n) is 2.29. The van der Waals surface area contributed by atoms with E-state index in [0.717, 1.165) is 0 Å². The number of hydrogen-bond acceptors (Lipinski definition) is 4. The Labute approximate surface area is 75.0 Å². The summed E-state index contributed by atoms with van der Waals surface area (Å²) in [5.41, 5.74) is 5.72. The molecule has 1 aliphatic heterocycles. The maximum absolute atomic E-state index is 11.1. The van der Waals surface area contributed by atoms with E-state index in [1.54, 1.807) is 12.3 Å². The van der Waals surface area contributed by atoms with Gasteiger partial charge in [-0.1, -0.05) is 11.6 Å². The summed E-state index contributed by atoms with van der Waals surface area (Å²) in [5.74, 6) is -0.538. The predicted octanol–water partition coefficient (Wildman–Crippen LogP) is 0.0540. The molecule has 0 bridgehead atoms. The quantitative estimate of drug-likeness (QED) is 0.347. The number of halogens is 1. The van der Waals surface area contributed by atoms with Gasteiger partial charge in [0.25, 0.3) is 0 Å². The highest BCUT2D eigenvalue weighted by Gasteiger charge is 2.32. The monoisotopic (exact) mass is 188 g/mol. The first-order valence-corrected chi connectivity index (χ1v) is 3.67. The first-order chi connectivity index (χ1) is 5.58. The van der Waals surface area contributed by atoms with Gasteiger partial charge in [-0.05, 0) is 18.4 Å². The van der Waals surface area contributed by atoms with Gasteiger partial charge in [-0.15, -0.1) is 0 Å². The largest absolute Gasteiger partial charge is 0.466 e. The van der Waals surface area contributed by atoms with Crippen LogP contribution in [0.3, 0.4) is 0 Å². The van der Waals surface area contributed by atoms with E-state index < -0.39 is 11.1 Å². The maximum atomic E-state index is 11.1. The maximum Gasteiger partial charge on any atom is 0.338 e. The van der Waals surface area contributed by atoms with Crippen LogP contribution in [0.15, 0.2) is 23.9 Å². The van der Waals surface area contributed by atoms with Crippen LogP contribution >= 0.6 is 11.6 Å². The molecular weight excluding hydrogens is 180 g/mol. The lowest BCUT2D eigenvalue weighted by molar-refractivity contribution is -0.136. The smallest absolute Gasteiger partial charge is 0.338 e. The van der Waals surface area contributed by atoms with Crippen molar-refractivity contribution in [3.05, 3.63) is 23.9 Å². The van der Waals surface area contributed by atoms with Crippen molar-refractivity contribution in [2.24, 2.45) is 5.73 Å². The molecule has 0 radical (unpaired) electrons. The lowest BCUT2D eigenvalue weighted by atomic mass is 10.1. The van der Waals surface area contributed by atoms with E-state index in [0.29, 0.717) is 0 Å². The van der Waals surface area contributed by atoms with Crippen LogP contribution in [0, 0.1) is 0 Å². The summed E-state index contributed by atoms with van der Waals surface area (Å²) >= 11 is 5.76. The number of hydrogen-bond donors (Lipinski definition) is 2. The number of methoxy groups -OCH3 is 1. The van der Waals surface area contributed by atoms with Crippen molar-refractivity contribution in [2.45, 2.75) is 5.12 Å². The minimum Gasteiger partial charge on any atom is -0.466 e. The van der Waals surface area contributed by atoms with Gasteiger partial charge in [0, 0.05) is 0 Å². The zero-order valence-electron chi connectivity index (χ0n) is 6.50. The second kappa shape index (κ2) is 3.16. The Kier molecular flexibility index (Phi) is 2.40. The Morgan fingerprint density at radius 2 is 2.50 bits per heavy atom. The first-order valence-electron chi connectivity index (χ1n) is 3.29. The van der Waals surface area contributed by atoms with Crippen molar-refractivity contribution in [3.8, 4) is 0 Å². The number of rotatable bonds is 1. The van der Waals surface area contributed by atoms with Gasteiger partial charge >= 0.3 is 5.97 Å². The lowest BCUT2D eigenvalue weighted by Gasteiger charge is -2.25. The number of carbonyl (C=O) groups excluding carboxylic acids is 1. The van der Waals surface area contributed by atoms with Crippen molar-refractivity contribution in [2.75, 3.05) is 7.11 Å². The van der Waals surface area contributed by atoms with Crippen molar-refractivity contribution in [3.63, 3.8) is 0 Å². The van der Waals surface area contributed by atoms with Crippen molar-refractivity contribution in [1.29, 1.82) is 0 Å². The summed E-state index contributed by atoms with van der Waals surface area (Å²) in [7, 11) is 1.27. The van der Waals surface area contributed by atoms with E-state index in [2.05, 4.69) is 10.1 Å². The van der Waals surface area contributed by atoms with Crippen LogP contribution in [0.4, 0.5) is 0 Å². The molecule has 0 saturated carbocycles. The van der Waals surface area contributed by atoms with Crippen LogP contribution in [-0.2, 0) is 9.53 Å². The Bertz CT molecular complexity index is 258. The molecule has 1 atom stereocenters. The minimum atomic E-state index is -1.36. The van der Waals surface area contributed by atoms with Gasteiger partial charge in [-0.2, -0.15) is 0 Å². The fourth-order valence-corrected chi connectivity index (χ4v) is 1.04. The fraction of sp³-hybridized carbons (Fsp3) is 0.286. The third-order valence-electron chi connectivity index (χ3n) is 1.45. The van der Waals surface area contributed by atoms with Crippen LogP contribution in [0.1, 0.15) is 0 Å². The Balaban J connectivity index is 2.92. The zero-order chi connectivity index (χ0) is 9.19. The van der Waals surface area contributed by atoms with E-state index in [1.165, 1.54) is 13.2 Å². The third kappa shape index (κ3) is 1.60. The number of dihydropyridines is 1. The molecule has 0 saturated heterocycles. The van der Waals surface area contributed by atoms with Gasteiger partial charge in [-0.3, -0.25) is 5.73 Å². The highest BCUT2D eigenvalue weighted by atomic mass is 35.5. The van der Waals surface area contributed by atoms with Crippen molar-refractivity contribution < 1.29 is 9.53 Å². The summed E-state index contributed by atoms with van der Waals surface area (Å²) in [6.45, 7) is 0. The zero-order valence-corrected chi connectivity index (χ0v) is 7.26. The Hall–Kier alpha value is -1.00. The molecule has 0 fully saturated rings. The van der Waals surface area contributed by atoms with E-state index in [1.807, 2.05) is 0 Å². The lowest BCUT2D eigenvalue weighted by Crippen LogP contribution is -2.50. The molecule has 0 spiro atoms. The highest BCUT2D eigenvalue weighted by molar-refractivity contribution is 6.28. The SMILES string of the molecule is COC(=O)C1=CC=CNC1(N)Cl. The number of allylic oxidation sites excluding steroid dienone is 2. The minimum absolute atomic E-state index is 0.189. The van der Waals surface area contributed by atoms with Gasteiger partial charge < -0.3 is 10.1 Å². The highest BCUT2D eigenvalue weighted by Crippen LogP contribution is 2.19. The van der Waals surface area contributed by atoms with E-state index in [-0.39, 0.29) is 5.57 Å². The average Bonchev–Trinajstić information content (AvgIpc) is 2.02. The summed E-state index contributed by atoms with van der Waals surface area (Å²) in [6, 6.07) is 0. The van der Waals surface area contributed by atoms with Gasteiger partial charge in [0.15, 0.2) is 5.12 Å². The summed E-state index contributed by atoms with van der Waals surface area (Å²) < 4.78 is 4.48. The van der Waals surface area contributed by atoms with Gasteiger partial charge in [-0.25, -0.2) is 4.79 Å². The summed E-state index contributed by atoms with van der Waals surface area (Å²) in [6.07, 6.45) is 4.69. The van der Waals surface area contributed by atoms with Crippen LogP contribution < -0.4 is 11.1 Å². The number of esters is 1. The molecule has 0 aromatic carbocycles. The molecule has 1 aliphatic rings. The molecule has 1 heterocycles. The number of ether oxygens (including phenoxy) is 1. The molecule has 1 rings (SSSR count). The molecule has 0 amide bonds.